The lowest BCUT2D eigenvalue weighted by Crippen LogP contribution is -2.33. The average Bonchev–Trinajstić information content (AvgIpc) is 2.77. The van der Waals surface area contributed by atoms with E-state index in [2.05, 4.69) is 46.7 Å². The van der Waals surface area contributed by atoms with Crippen molar-refractivity contribution in [2.24, 2.45) is 0 Å². The summed E-state index contributed by atoms with van der Waals surface area (Å²) in [7, 11) is 0. The Morgan fingerprint density at radius 2 is 2.00 bits per heavy atom. The number of hydrogen-bond donors (Lipinski definition) is 2. The van der Waals surface area contributed by atoms with E-state index in [0.717, 1.165) is 11.6 Å². The lowest BCUT2D eigenvalue weighted by molar-refractivity contribution is 0.374. The van der Waals surface area contributed by atoms with Crippen molar-refractivity contribution in [3.63, 3.8) is 0 Å². The van der Waals surface area contributed by atoms with Crippen LogP contribution in [0.3, 0.4) is 0 Å². The van der Waals surface area contributed by atoms with Crippen molar-refractivity contribution in [1.82, 2.24) is 10.2 Å². The fraction of sp³-hybridized carbons (Fsp3) is 0.357. The molecule has 0 amide bonds. The summed E-state index contributed by atoms with van der Waals surface area (Å²) in [6, 6.07) is 9.51. The van der Waals surface area contributed by atoms with Crippen molar-refractivity contribution in [3.8, 4) is 0 Å². The third-order valence-electron chi connectivity index (χ3n) is 3.56. The number of aryl methyl sites for hydroxylation is 1. The van der Waals surface area contributed by atoms with Gasteiger partial charge >= 0.3 is 0 Å². The summed E-state index contributed by atoms with van der Waals surface area (Å²) in [4.78, 5) is 0. The van der Waals surface area contributed by atoms with Crippen LogP contribution in [0.15, 0.2) is 36.7 Å². The minimum atomic E-state index is 0.596. The van der Waals surface area contributed by atoms with Crippen molar-refractivity contribution < 1.29 is 0 Å². The van der Waals surface area contributed by atoms with Crippen LogP contribution in [0.2, 0.25) is 0 Å². The van der Waals surface area contributed by atoms with Gasteiger partial charge in [-0.1, -0.05) is 29.8 Å². The molecule has 1 aromatic carbocycles. The minimum Gasteiger partial charge on any atom is -0.380 e. The van der Waals surface area contributed by atoms with Crippen molar-refractivity contribution in [2.45, 2.75) is 31.7 Å². The monoisotopic (exact) mass is 227 g/mol. The zero-order chi connectivity index (χ0) is 11.7. The molecule has 17 heavy (non-hydrogen) atoms. The molecule has 1 heterocycles. The standard InChI is InChI=1S/C14H17N3/c1-10-2-4-11(5-3-10)12-6-13(7-12)17-14-8-15-16-9-14/h2-5,8-9,12-13,17H,6-7H2,1H3,(H,15,16). The summed E-state index contributed by atoms with van der Waals surface area (Å²) in [6.45, 7) is 2.13. The molecule has 2 N–H and O–H groups in total. The molecule has 3 heteroatoms. The Morgan fingerprint density at radius 1 is 1.24 bits per heavy atom. The first kappa shape index (κ1) is 10.4. The van der Waals surface area contributed by atoms with Crippen molar-refractivity contribution >= 4 is 5.69 Å². The molecule has 0 unspecified atom stereocenters. The molecule has 0 bridgehead atoms. The molecule has 1 aromatic heterocycles. The van der Waals surface area contributed by atoms with Gasteiger partial charge in [-0.2, -0.15) is 5.10 Å². The summed E-state index contributed by atoms with van der Waals surface area (Å²) in [6.07, 6.45) is 6.17. The van der Waals surface area contributed by atoms with Crippen molar-refractivity contribution in [1.29, 1.82) is 0 Å². The summed E-state index contributed by atoms with van der Waals surface area (Å²) in [5, 5.41) is 10.2. The first-order chi connectivity index (χ1) is 8.31. The molecule has 1 aliphatic rings. The second-order valence-electron chi connectivity index (χ2n) is 4.91. The smallest absolute Gasteiger partial charge is 0.0725 e. The Labute approximate surface area is 101 Å². The minimum absolute atomic E-state index is 0.596. The number of anilines is 1. The number of hydrogen-bond acceptors (Lipinski definition) is 2. The van der Waals surface area contributed by atoms with Crippen LogP contribution >= 0.6 is 0 Å². The van der Waals surface area contributed by atoms with E-state index in [4.69, 9.17) is 0 Å². The fourth-order valence-corrected chi connectivity index (χ4v) is 2.41. The van der Waals surface area contributed by atoms with E-state index >= 15 is 0 Å². The number of benzene rings is 1. The van der Waals surface area contributed by atoms with E-state index in [1.165, 1.54) is 24.0 Å². The highest BCUT2D eigenvalue weighted by molar-refractivity contribution is 5.40. The zero-order valence-corrected chi connectivity index (χ0v) is 9.98. The second-order valence-corrected chi connectivity index (χ2v) is 4.91. The topological polar surface area (TPSA) is 40.7 Å². The summed E-state index contributed by atoms with van der Waals surface area (Å²) in [5.41, 5.74) is 3.90. The zero-order valence-electron chi connectivity index (χ0n) is 9.98. The quantitative estimate of drug-likeness (QED) is 0.846. The van der Waals surface area contributed by atoms with Crippen LogP contribution in [0, 0.1) is 6.92 Å². The van der Waals surface area contributed by atoms with Crippen LogP contribution in [0.1, 0.15) is 29.9 Å². The first-order valence-electron chi connectivity index (χ1n) is 6.13. The third kappa shape index (κ3) is 2.18. The molecule has 1 saturated carbocycles. The van der Waals surface area contributed by atoms with Gasteiger partial charge in [0.1, 0.15) is 0 Å². The van der Waals surface area contributed by atoms with E-state index in [1.807, 2.05) is 12.4 Å². The van der Waals surface area contributed by atoms with E-state index in [0.29, 0.717) is 6.04 Å². The lowest BCUT2D eigenvalue weighted by Gasteiger charge is -2.36. The molecule has 3 nitrogen and oxygen atoms in total. The van der Waals surface area contributed by atoms with Crippen LogP contribution in [-0.2, 0) is 0 Å². The Bertz CT molecular complexity index is 467. The Kier molecular flexibility index (Phi) is 2.59. The van der Waals surface area contributed by atoms with Gasteiger partial charge in [0.2, 0.25) is 0 Å². The highest BCUT2D eigenvalue weighted by Gasteiger charge is 2.30. The van der Waals surface area contributed by atoms with Crippen LogP contribution in [0.25, 0.3) is 0 Å². The van der Waals surface area contributed by atoms with Gasteiger partial charge in [0, 0.05) is 12.2 Å². The molecule has 0 atom stereocenters. The molecular formula is C14H17N3. The highest BCUT2D eigenvalue weighted by atomic mass is 15.1. The van der Waals surface area contributed by atoms with E-state index in [1.54, 1.807) is 0 Å². The van der Waals surface area contributed by atoms with E-state index in [9.17, 15) is 0 Å². The predicted molar refractivity (Wildman–Crippen MR) is 69.2 cm³/mol. The highest BCUT2D eigenvalue weighted by Crippen LogP contribution is 2.38. The fourth-order valence-electron chi connectivity index (χ4n) is 2.41. The van der Waals surface area contributed by atoms with Gasteiger partial charge in [0.25, 0.3) is 0 Å². The van der Waals surface area contributed by atoms with Crippen molar-refractivity contribution in [2.75, 3.05) is 5.32 Å². The Morgan fingerprint density at radius 3 is 2.65 bits per heavy atom. The summed E-state index contributed by atoms with van der Waals surface area (Å²) >= 11 is 0. The van der Waals surface area contributed by atoms with Crippen LogP contribution in [0.4, 0.5) is 5.69 Å². The summed E-state index contributed by atoms with van der Waals surface area (Å²) < 4.78 is 0. The maximum Gasteiger partial charge on any atom is 0.0725 e. The third-order valence-corrected chi connectivity index (χ3v) is 3.56. The number of aromatic amines is 1. The maximum atomic E-state index is 3.93. The van der Waals surface area contributed by atoms with Gasteiger partial charge in [-0.15, -0.1) is 0 Å². The van der Waals surface area contributed by atoms with Gasteiger partial charge in [-0.05, 0) is 31.2 Å². The molecule has 2 aromatic rings. The average molecular weight is 227 g/mol. The van der Waals surface area contributed by atoms with Crippen LogP contribution in [0.5, 0.6) is 0 Å². The molecule has 0 saturated heterocycles. The van der Waals surface area contributed by atoms with Gasteiger partial charge in [0.15, 0.2) is 0 Å². The Hall–Kier alpha value is -1.77. The Balaban J connectivity index is 1.56. The van der Waals surface area contributed by atoms with E-state index < -0.39 is 0 Å². The molecular weight excluding hydrogens is 210 g/mol. The second kappa shape index (κ2) is 4.24. The predicted octanol–water partition coefficient (Wildman–Crippen LogP) is 3.08. The van der Waals surface area contributed by atoms with Gasteiger partial charge in [-0.25, -0.2) is 0 Å². The molecule has 1 aliphatic carbocycles. The maximum absolute atomic E-state index is 3.93. The number of rotatable bonds is 3. The largest absolute Gasteiger partial charge is 0.380 e. The van der Waals surface area contributed by atoms with Gasteiger partial charge in [0.05, 0.1) is 11.9 Å². The summed E-state index contributed by atoms with van der Waals surface area (Å²) in [5.74, 6) is 0.722. The molecule has 88 valence electrons. The number of nitrogens with zero attached hydrogens (tertiary/aromatic N) is 1. The van der Waals surface area contributed by atoms with E-state index in [-0.39, 0.29) is 0 Å². The van der Waals surface area contributed by atoms with Crippen LogP contribution in [-0.4, -0.2) is 16.2 Å². The first-order valence-corrected chi connectivity index (χ1v) is 6.13. The van der Waals surface area contributed by atoms with Gasteiger partial charge in [-0.3, -0.25) is 5.10 Å². The molecule has 0 radical (unpaired) electrons. The SMILES string of the molecule is Cc1ccc(C2CC(Nc3cn[nH]c3)C2)cc1. The van der Waals surface area contributed by atoms with Crippen LogP contribution < -0.4 is 5.32 Å². The molecule has 1 fully saturated rings. The number of H-pyrrole nitrogens is 1. The molecule has 0 spiro atoms. The number of aromatic nitrogens is 2. The molecule has 3 rings (SSSR count). The van der Waals surface area contributed by atoms with Gasteiger partial charge < -0.3 is 5.32 Å². The van der Waals surface area contributed by atoms with Crippen molar-refractivity contribution in [3.05, 3.63) is 47.8 Å². The normalized spacial score (nSPS) is 23.1. The number of nitrogens with one attached hydrogen (secondary N) is 2. The lowest BCUT2D eigenvalue weighted by atomic mass is 9.75. The molecule has 0 aliphatic heterocycles.